The number of aliphatic hydroxyl groups is 1. The third kappa shape index (κ3) is 7.55. The lowest BCUT2D eigenvalue weighted by molar-refractivity contribution is -0.117. The van der Waals surface area contributed by atoms with Crippen LogP contribution in [0.2, 0.25) is 0 Å². The summed E-state index contributed by atoms with van der Waals surface area (Å²) in [6.07, 6.45) is 1.84. The van der Waals surface area contributed by atoms with Gasteiger partial charge in [-0.05, 0) is 74.1 Å². The molecule has 1 saturated heterocycles. The van der Waals surface area contributed by atoms with Gasteiger partial charge in [0, 0.05) is 25.0 Å². The lowest BCUT2D eigenvalue weighted by Crippen LogP contribution is -2.51. The number of aliphatic hydroxyl groups excluding tert-OH is 1. The molecule has 3 aromatic carbocycles. The summed E-state index contributed by atoms with van der Waals surface area (Å²) in [5.74, 6) is -0.742. The topological polar surface area (TPSA) is 90.9 Å². The molecule has 2 unspecified atom stereocenters. The number of anilines is 1. The van der Waals surface area contributed by atoms with Gasteiger partial charge in [-0.2, -0.15) is 0 Å². The number of hydrogen-bond acceptors (Lipinski definition) is 5. The maximum absolute atomic E-state index is 15.9. The van der Waals surface area contributed by atoms with Crippen molar-refractivity contribution in [2.45, 2.75) is 70.6 Å². The number of halogens is 1. The van der Waals surface area contributed by atoms with E-state index in [1.165, 1.54) is 4.90 Å². The molecule has 224 valence electrons. The summed E-state index contributed by atoms with van der Waals surface area (Å²) >= 11 is 0. The van der Waals surface area contributed by atoms with Crippen LogP contribution in [0.25, 0.3) is 0 Å². The zero-order valence-electron chi connectivity index (χ0n) is 25.0. The van der Waals surface area contributed by atoms with E-state index in [2.05, 4.69) is 10.6 Å². The summed E-state index contributed by atoms with van der Waals surface area (Å²) in [5.41, 5.74) is 2.23. The molecule has 0 aromatic heterocycles. The highest BCUT2D eigenvalue weighted by Gasteiger charge is 2.30. The highest BCUT2D eigenvalue weighted by Crippen LogP contribution is 2.29. The number of rotatable bonds is 13. The number of nitrogens with zero attached hydrogens (tertiary/aromatic N) is 1. The van der Waals surface area contributed by atoms with Crippen LogP contribution in [-0.2, 0) is 23.2 Å². The first-order valence-electron chi connectivity index (χ1n) is 14.7. The van der Waals surface area contributed by atoms with Crippen molar-refractivity contribution in [1.29, 1.82) is 0 Å². The van der Waals surface area contributed by atoms with Crippen molar-refractivity contribution in [3.8, 4) is 5.75 Å². The number of aryl methyl sites for hydroxylation is 1. The highest BCUT2D eigenvalue weighted by atomic mass is 19.1. The molecule has 0 aliphatic carbocycles. The van der Waals surface area contributed by atoms with Crippen molar-refractivity contribution in [1.82, 2.24) is 10.6 Å². The lowest BCUT2D eigenvalue weighted by Gasteiger charge is -2.31. The van der Waals surface area contributed by atoms with E-state index in [0.29, 0.717) is 32.2 Å². The lowest BCUT2D eigenvalue weighted by atomic mass is 9.93. The molecule has 4 rings (SSSR count). The van der Waals surface area contributed by atoms with Gasteiger partial charge in [-0.3, -0.25) is 9.59 Å². The van der Waals surface area contributed by atoms with Crippen LogP contribution < -0.4 is 20.3 Å². The second-order valence-corrected chi connectivity index (χ2v) is 11.5. The van der Waals surface area contributed by atoms with E-state index < -0.39 is 29.4 Å². The van der Waals surface area contributed by atoms with Gasteiger partial charge in [0.2, 0.25) is 5.91 Å². The monoisotopic (exact) mass is 575 g/mol. The number of hydrogen-bond donors (Lipinski definition) is 3. The Kier molecular flexibility index (Phi) is 10.4. The average molecular weight is 576 g/mol. The van der Waals surface area contributed by atoms with Crippen molar-refractivity contribution in [3.63, 3.8) is 0 Å². The average Bonchev–Trinajstić information content (AvgIpc) is 3.42. The Hall–Kier alpha value is -3.75. The second-order valence-electron chi connectivity index (χ2n) is 11.5. The number of methoxy groups -OCH3 is 1. The number of benzene rings is 3. The van der Waals surface area contributed by atoms with Crippen molar-refractivity contribution in [2.24, 2.45) is 0 Å². The minimum Gasteiger partial charge on any atom is -0.497 e. The standard InChI is InChI=1S/C34H42FN3O4/c1-5-11-24-18-27(32(35)29(20-24)38-17-10-16-31(38)40)33(41)37-28(19-23-12-7-6-8-13-23)30(39)22-36-34(2,3)25-14-9-15-26(21-25)42-4/h6-9,12-15,18,20-21,28,30,36,39H,5,10-11,16-17,19,22H2,1-4H3,(H,37,41). The van der Waals surface area contributed by atoms with E-state index in [4.69, 9.17) is 4.74 Å². The first-order valence-corrected chi connectivity index (χ1v) is 14.7. The van der Waals surface area contributed by atoms with Gasteiger partial charge in [0.1, 0.15) is 5.75 Å². The van der Waals surface area contributed by atoms with Gasteiger partial charge in [0.05, 0.1) is 30.5 Å². The van der Waals surface area contributed by atoms with Crippen LogP contribution >= 0.6 is 0 Å². The van der Waals surface area contributed by atoms with E-state index in [9.17, 15) is 14.7 Å². The first-order chi connectivity index (χ1) is 20.1. The summed E-state index contributed by atoms with van der Waals surface area (Å²) in [6.45, 7) is 6.63. The molecule has 3 N–H and O–H groups in total. The third-order valence-electron chi connectivity index (χ3n) is 7.88. The second kappa shape index (κ2) is 13.9. The first kappa shape index (κ1) is 31.2. The van der Waals surface area contributed by atoms with Gasteiger partial charge in [0.15, 0.2) is 5.82 Å². The molecule has 0 radical (unpaired) electrons. The SMILES string of the molecule is CCCc1cc(C(=O)NC(Cc2ccccc2)C(O)CNC(C)(C)c2cccc(OC)c2)c(F)c(N2CCCC2=O)c1. The summed E-state index contributed by atoms with van der Waals surface area (Å²) in [6, 6.07) is 19.8. The zero-order chi connectivity index (χ0) is 30.3. The smallest absolute Gasteiger partial charge is 0.254 e. The molecule has 1 fully saturated rings. The van der Waals surface area contributed by atoms with Gasteiger partial charge in [-0.1, -0.05) is 55.8 Å². The van der Waals surface area contributed by atoms with E-state index in [1.807, 2.05) is 75.4 Å². The predicted octanol–water partition coefficient (Wildman–Crippen LogP) is 5.14. The van der Waals surface area contributed by atoms with Crippen molar-refractivity contribution in [2.75, 3.05) is 25.1 Å². The molecule has 0 spiro atoms. The van der Waals surface area contributed by atoms with Crippen LogP contribution in [0, 0.1) is 5.82 Å². The largest absolute Gasteiger partial charge is 0.497 e. The zero-order valence-corrected chi connectivity index (χ0v) is 25.0. The number of nitrogens with one attached hydrogen (secondary N) is 2. The summed E-state index contributed by atoms with van der Waals surface area (Å²) in [5, 5.41) is 17.7. The molecule has 2 atom stereocenters. The molecule has 2 amide bonds. The van der Waals surface area contributed by atoms with Crippen LogP contribution in [-0.4, -0.2) is 49.3 Å². The molecule has 3 aromatic rings. The quantitative estimate of drug-likeness (QED) is 0.263. The number of amides is 2. The molecule has 0 saturated carbocycles. The Morgan fingerprint density at radius 1 is 1.10 bits per heavy atom. The number of carbonyl (C=O) groups excluding carboxylic acids is 2. The van der Waals surface area contributed by atoms with E-state index in [1.54, 1.807) is 19.2 Å². The van der Waals surface area contributed by atoms with E-state index in [-0.39, 0.29) is 23.7 Å². The van der Waals surface area contributed by atoms with Gasteiger partial charge in [-0.25, -0.2) is 4.39 Å². The summed E-state index contributed by atoms with van der Waals surface area (Å²) < 4.78 is 21.2. The van der Waals surface area contributed by atoms with Crippen molar-refractivity contribution >= 4 is 17.5 Å². The van der Waals surface area contributed by atoms with Gasteiger partial charge in [-0.15, -0.1) is 0 Å². The maximum Gasteiger partial charge on any atom is 0.254 e. The Balaban J connectivity index is 1.58. The van der Waals surface area contributed by atoms with Gasteiger partial charge < -0.3 is 25.4 Å². The summed E-state index contributed by atoms with van der Waals surface area (Å²) in [4.78, 5) is 27.6. The fraction of sp³-hybridized carbons (Fsp3) is 0.412. The molecule has 1 aliphatic heterocycles. The Morgan fingerprint density at radius 3 is 2.52 bits per heavy atom. The molecule has 1 aliphatic rings. The van der Waals surface area contributed by atoms with Crippen molar-refractivity contribution < 1.29 is 23.8 Å². The Bertz CT molecular complexity index is 1380. The predicted molar refractivity (Wildman–Crippen MR) is 163 cm³/mol. The van der Waals surface area contributed by atoms with Crippen LogP contribution in [0.4, 0.5) is 10.1 Å². The normalized spacial score (nSPS) is 15.0. The Morgan fingerprint density at radius 2 is 1.86 bits per heavy atom. The molecule has 1 heterocycles. The molecule has 7 nitrogen and oxygen atoms in total. The van der Waals surface area contributed by atoms with E-state index >= 15 is 4.39 Å². The minimum absolute atomic E-state index is 0.120. The molecule has 8 heteroatoms. The molecular formula is C34H42FN3O4. The molecule has 0 bridgehead atoms. The van der Waals surface area contributed by atoms with Crippen LogP contribution in [0.5, 0.6) is 5.75 Å². The maximum atomic E-state index is 15.9. The van der Waals surface area contributed by atoms with Gasteiger partial charge in [0.25, 0.3) is 5.91 Å². The van der Waals surface area contributed by atoms with Crippen LogP contribution in [0.1, 0.15) is 67.1 Å². The van der Waals surface area contributed by atoms with Gasteiger partial charge >= 0.3 is 0 Å². The van der Waals surface area contributed by atoms with Crippen LogP contribution in [0.15, 0.2) is 66.7 Å². The molecule has 42 heavy (non-hydrogen) atoms. The fourth-order valence-electron chi connectivity index (χ4n) is 5.38. The van der Waals surface area contributed by atoms with Crippen molar-refractivity contribution in [3.05, 3.63) is 94.8 Å². The van der Waals surface area contributed by atoms with E-state index in [0.717, 1.165) is 28.9 Å². The number of carbonyl (C=O) groups is 2. The third-order valence-corrected chi connectivity index (χ3v) is 7.88. The van der Waals surface area contributed by atoms with Crippen LogP contribution in [0.3, 0.4) is 0 Å². The minimum atomic E-state index is -0.986. The summed E-state index contributed by atoms with van der Waals surface area (Å²) in [7, 11) is 1.62. The number of ether oxygens (including phenoxy) is 1. The Labute approximate surface area is 248 Å². The fourth-order valence-corrected chi connectivity index (χ4v) is 5.38. The molecular weight excluding hydrogens is 533 g/mol. The highest BCUT2D eigenvalue weighted by molar-refractivity contribution is 6.00.